The van der Waals surface area contributed by atoms with Crippen molar-refractivity contribution in [3.05, 3.63) is 0 Å². The molecule has 15 amide bonds. The highest BCUT2D eigenvalue weighted by atomic mass is 16.2. The molecule has 0 unspecified atom stereocenters. The predicted molar refractivity (Wildman–Crippen MR) is 413 cm³/mol. The van der Waals surface area contributed by atoms with Gasteiger partial charge in [0, 0.05) is 20.0 Å². The summed E-state index contributed by atoms with van der Waals surface area (Å²) in [6, 6.07) is -14.7. The molecule has 38 heteroatoms. The number of carbonyl (C=O) groups is 15. The largest absolute Gasteiger partial charge is 0.370 e. The lowest BCUT2D eigenvalue weighted by Gasteiger charge is -2.29. The fourth-order valence-corrected chi connectivity index (χ4v) is 11.1. The van der Waals surface area contributed by atoms with Gasteiger partial charge in [-0.1, -0.05) is 96.9 Å². The molecule has 12 atom stereocenters. The number of carbonyl (C=O) groups excluding carboxylic acids is 15. The van der Waals surface area contributed by atoms with Crippen molar-refractivity contribution in [2.45, 2.75) is 267 Å². The highest BCUT2D eigenvalue weighted by Gasteiger charge is 2.38. The zero-order valence-corrected chi connectivity index (χ0v) is 67.0. The number of nitrogens with one attached hydrogen (secondary N) is 14. The third-order valence-corrected chi connectivity index (χ3v) is 17.0. The summed E-state index contributed by atoms with van der Waals surface area (Å²) in [5.74, 6) is -14.3. The van der Waals surface area contributed by atoms with Crippen molar-refractivity contribution < 1.29 is 71.9 Å². The van der Waals surface area contributed by atoms with Crippen LogP contribution in [0.5, 0.6) is 0 Å². The van der Waals surface area contributed by atoms with Crippen molar-refractivity contribution in [1.82, 2.24) is 74.4 Å². The number of nitrogens with zero attached hydrogens (tertiary/aromatic N) is 2. The van der Waals surface area contributed by atoms with E-state index in [0.717, 1.165) is 0 Å². The monoisotopic (exact) mass is 1550 g/mol. The Labute approximate surface area is 642 Å². The maximum Gasteiger partial charge on any atom is 0.243 e. The second kappa shape index (κ2) is 52.5. The molecular formula is C71H133N23O15. The first kappa shape index (κ1) is 99.5. The van der Waals surface area contributed by atoms with E-state index >= 15 is 0 Å². The van der Waals surface area contributed by atoms with Crippen LogP contribution >= 0.6 is 0 Å². The first-order chi connectivity index (χ1) is 50.9. The summed E-state index contributed by atoms with van der Waals surface area (Å²) < 4.78 is 0. The van der Waals surface area contributed by atoms with Crippen LogP contribution in [0.1, 0.15) is 194 Å². The van der Waals surface area contributed by atoms with Gasteiger partial charge in [0.25, 0.3) is 0 Å². The zero-order valence-electron chi connectivity index (χ0n) is 67.0. The molecule has 0 aromatic heterocycles. The van der Waals surface area contributed by atoms with Gasteiger partial charge < -0.3 is 115 Å². The molecule has 0 radical (unpaired) electrons. The lowest BCUT2D eigenvalue weighted by molar-refractivity contribution is -0.136. The molecule has 109 heavy (non-hydrogen) atoms. The normalized spacial score (nSPS) is 14.6. The highest BCUT2D eigenvalue weighted by Crippen LogP contribution is 2.15. The topological polar surface area (TPSA) is 631 Å². The average Bonchev–Trinajstić information content (AvgIpc) is 0.859. The van der Waals surface area contributed by atoms with Crippen LogP contribution in [0.3, 0.4) is 0 Å². The van der Waals surface area contributed by atoms with Gasteiger partial charge in [-0.15, -0.1) is 0 Å². The minimum Gasteiger partial charge on any atom is -0.370 e. The molecule has 38 nitrogen and oxygen atoms in total. The molecule has 0 bridgehead atoms. The summed E-state index contributed by atoms with van der Waals surface area (Å²) in [4.78, 5) is 213. The molecule has 0 aliphatic carbocycles. The predicted octanol–water partition coefficient (Wildman–Crippen LogP) is -4.31. The fraction of sp³-hybridized carbons (Fsp3) is 0.761. The van der Waals surface area contributed by atoms with E-state index in [0.29, 0.717) is 32.2 Å². The van der Waals surface area contributed by atoms with Gasteiger partial charge in [0.05, 0.1) is 13.1 Å². The van der Waals surface area contributed by atoms with E-state index < -0.39 is 192 Å². The molecule has 0 spiro atoms. The minimum absolute atomic E-state index is 0.0179. The number of unbranched alkanes of at least 4 members (excludes halogenated alkanes) is 2. The molecule has 0 heterocycles. The molecule has 28 N–H and O–H groups in total. The Morgan fingerprint density at radius 1 is 0.294 bits per heavy atom. The fourth-order valence-electron chi connectivity index (χ4n) is 11.1. The SMILES string of the molecule is CC(=O)N[C@@H](CCCCN)C(=O)N[C@H](C(=O)N[C@@H](CC(C)C)C(=O)NCC(=O)N[C@@H](CCCN=C(N)N)C(=O)N[C@@H](C)C(=O)N[C@H](C(=O)N[C@@H](CCCCN)C(=O)N[C@H](C(=O)N[C@@H](CC(C)C)C(=O)NCC(=O)N[C@@H](CCCN=C(N)N)C(=O)N[C@@H](CC(C)C)C(=O)N[C@H](C(N)=O)C(C)C)C(C)C)C(C)C)C(C)C. The third kappa shape index (κ3) is 41.6. The van der Waals surface area contributed by atoms with Crippen LogP contribution in [0.15, 0.2) is 9.98 Å². The maximum atomic E-state index is 14.4. The Morgan fingerprint density at radius 2 is 0.569 bits per heavy atom. The number of hydrogen-bond donors (Lipinski definition) is 21. The third-order valence-electron chi connectivity index (χ3n) is 17.0. The van der Waals surface area contributed by atoms with E-state index in [1.165, 1.54) is 13.8 Å². The van der Waals surface area contributed by atoms with Crippen molar-refractivity contribution in [3.63, 3.8) is 0 Å². The molecule has 622 valence electrons. The van der Waals surface area contributed by atoms with E-state index in [4.69, 9.17) is 40.1 Å². The first-order valence-corrected chi connectivity index (χ1v) is 37.8. The summed E-state index contributed by atoms with van der Waals surface area (Å²) in [6.45, 7) is 26.0. The van der Waals surface area contributed by atoms with E-state index in [1.807, 2.05) is 13.8 Å². The highest BCUT2D eigenvalue weighted by molar-refractivity contribution is 6.00. The molecule has 0 aromatic carbocycles. The van der Waals surface area contributed by atoms with Gasteiger partial charge >= 0.3 is 0 Å². The number of primary amides is 1. The van der Waals surface area contributed by atoms with Gasteiger partial charge in [-0.25, -0.2) is 0 Å². The van der Waals surface area contributed by atoms with Crippen molar-refractivity contribution in [1.29, 1.82) is 0 Å². The number of nitrogens with two attached hydrogens (primary N) is 7. The standard InChI is InChI=1S/C71H133N23O15/c1-36(2)31-49(89-68(108)56(41(11)12)93-64(104)45(84-44(16)95)23-17-19-27-72)60(100)81-34-52(96)85-46(25-21-29-79-70(75)76)62(102)83-43(15)59(99)92-55(40(9)10)67(107)87-48(24-18-20-28-73)65(105)94-57(42(13)14)69(109)90-50(32-37(3)4)61(101)82-35-53(97)86-47(26-22-30-80-71(77)78)63(103)88-51(33-38(5)6)66(106)91-54(39(7)8)58(74)98/h36-43,45-51,54-57H,17-35,72-73H2,1-16H3,(H2,74,98)(H,81,100)(H,82,101)(H,83,102)(H,84,95)(H,85,96)(H,86,97)(H,87,107)(H,88,103)(H,89,108)(H,90,109)(H,91,106)(H,92,99)(H,93,104)(H,94,105)(H4,75,76,79)(H4,77,78,80)/t43-,45-,46-,47-,48-,49-,50-,51-,54-,55-,56-,57-/m0/s1. The molecular weight excluding hydrogens is 1410 g/mol. The Morgan fingerprint density at radius 3 is 0.890 bits per heavy atom. The number of guanidine groups is 2. The van der Waals surface area contributed by atoms with E-state index in [-0.39, 0.29) is 113 Å². The Kier molecular flexibility index (Phi) is 48.0. The van der Waals surface area contributed by atoms with Crippen molar-refractivity contribution >= 4 is 101 Å². The Hall–Kier alpha value is -9.49. The molecule has 0 saturated carbocycles. The van der Waals surface area contributed by atoms with Crippen molar-refractivity contribution in [2.24, 2.45) is 91.5 Å². The minimum atomic E-state index is -1.37. The Bertz CT molecular complexity index is 3030. The second-order valence-corrected chi connectivity index (χ2v) is 30.1. The van der Waals surface area contributed by atoms with Gasteiger partial charge in [0.1, 0.15) is 72.5 Å². The van der Waals surface area contributed by atoms with Crippen LogP contribution in [-0.2, 0) is 71.9 Å². The van der Waals surface area contributed by atoms with Crippen LogP contribution in [0.4, 0.5) is 0 Å². The van der Waals surface area contributed by atoms with Crippen LogP contribution in [0.25, 0.3) is 0 Å². The molecule has 0 fully saturated rings. The molecule has 0 aromatic rings. The number of hydrogen-bond acceptors (Lipinski definition) is 19. The van der Waals surface area contributed by atoms with E-state index in [9.17, 15) is 71.9 Å². The number of rotatable bonds is 54. The van der Waals surface area contributed by atoms with Crippen molar-refractivity contribution in [2.75, 3.05) is 39.3 Å². The molecule has 0 aliphatic rings. The first-order valence-electron chi connectivity index (χ1n) is 37.8. The Balaban J connectivity index is 6.60. The van der Waals surface area contributed by atoms with E-state index in [1.54, 1.807) is 83.1 Å². The summed E-state index contributed by atoms with van der Waals surface area (Å²) in [5, 5.41) is 36.8. The maximum absolute atomic E-state index is 14.4. The van der Waals surface area contributed by atoms with Crippen LogP contribution in [-0.4, -0.2) is 212 Å². The smallest absolute Gasteiger partial charge is 0.243 e. The summed E-state index contributed by atoms with van der Waals surface area (Å²) >= 11 is 0. The molecule has 0 aliphatic heterocycles. The quantitative estimate of drug-likeness (QED) is 0.0156. The average molecular weight is 1550 g/mol. The van der Waals surface area contributed by atoms with Gasteiger partial charge in [0.2, 0.25) is 88.6 Å². The number of aliphatic imine (C=N–C) groups is 2. The summed E-state index contributed by atoms with van der Waals surface area (Å²) in [5.41, 5.74) is 39.0. The van der Waals surface area contributed by atoms with E-state index in [2.05, 4.69) is 84.4 Å². The van der Waals surface area contributed by atoms with Gasteiger partial charge in [0.15, 0.2) is 11.9 Å². The number of amides is 15. The van der Waals surface area contributed by atoms with Crippen LogP contribution in [0.2, 0.25) is 0 Å². The summed E-state index contributed by atoms with van der Waals surface area (Å²) in [6.07, 6.45) is 2.70. The van der Waals surface area contributed by atoms with Gasteiger partial charge in [-0.2, -0.15) is 0 Å². The summed E-state index contributed by atoms with van der Waals surface area (Å²) in [7, 11) is 0. The van der Waals surface area contributed by atoms with Gasteiger partial charge in [-0.3, -0.25) is 81.9 Å². The van der Waals surface area contributed by atoms with Crippen LogP contribution < -0.4 is 115 Å². The lowest BCUT2D eigenvalue weighted by Crippen LogP contribution is -2.61. The second-order valence-electron chi connectivity index (χ2n) is 30.1. The zero-order chi connectivity index (χ0) is 83.5. The van der Waals surface area contributed by atoms with Crippen LogP contribution in [0, 0.1) is 41.4 Å². The molecule has 0 rings (SSSR count). The van der Waals surface area contributed by atoms with Crippen molar-refractivity contribution in [3.8, 4) is 0 Å². The lowest BCUT2D eigenvalue weighted by atomic mass is 9.98. The molecule has 0 saturated heterocycles. The van der Waals surface area contributed by atoms with Gasteiger partial charge in [-0.05, 0) is 145 Å².